The summed E-state index contributed by atoms with van der Waals surface area (Å²) in [6.07, 6.45) is 3.10. The van der Waals surface area contributed by atoms with Crippen molar-refractivity contribution in [2.24, 2.45) is 0 Å². The zero-order valence-corrected chi connectivity index (χ0v) is 11.4. The van der Waals surface area contributed by atoms with Crippen LogP contribution in [0, 0.1) is 0 Å². The molecule has 2 heterocycles. The van der Waals surface area contributed by atoms with E-state index in [1.807, 2.05) is 6.92 Å². The molecule has 1 atom stereocenters. The fourth-order valence-corrected chi connectivity index (χ4v) is 1.24. The van der Waals surface area contributed by atoms with Gasteiger partial charge in [0.15, 0.2) is 0 Å². The van der Waals surface area contributed by atoms with Crippen LogP contribution >= 0.6 is 0 Å². The Hall–Kier alpha value is -2.32. The molecular weight excluding hydrogens is 260 g/mol. The smallest absolute Gasteiger partial charge is 0.220 e. The molecule has 0 saturated carbocycles. The van der Waals surface area contributed by atoms with E-state index in [0.29, 0.717) is 5.69 Å². The van der Waals surface area contributed by atoms with Gasteiger partial charge in [-0.15, -0.1) is 0 Å². The summed E-state index contributed by atoms with van der Waals surface area (Å²) >= 11 is 0. The summed E-state index contributed by atoms with van der Waals surface area (Å²) in [5.41, 5.74) is 11.9. The number of aliphatic hydroxyl groups excluding tert-OH is 1. The Morgan fingerprint density at radius 3 is 2.20 bits per heavy atom. The van der Waals surface area contributed by atoms with Crippen molar-refractivity contribution in [2.45, 2.75) is 19.6 Å². The minimum atomic E-state index is -0.0906. The molecule has 108 valence electrons. The summed E-state index contributed by atoms with van der Waals surface area (Å²) in [6.45, 7) is 1.81. The van der Waals surface area contributed by atoms with E-state index in [0.717, 1.165) is 5.69 Å². The van der Waals surface area contributed by atoms with Crippen LogP contribution in [-0.4, -0.2) is 32.2 Å². The van der Waals surface area contributed by atoms with Gasteiger partial charge in [-0.1, -0.05) is 0 Å². The van der Waals surface area contributed by atoms with Crippen molar-refractivity contribution < 1.29 is 9.84 Å². The lowest BCUT2D eigenvalue weighted by molar-refractivity contribution is 0.116. The molecule has 0 fully saturated rings. The number of rotatable bonds is 3. The fraction of sp³-hybridized carbons (Fsp3) is 0.333. The molecule has 2 aromatic heterocycles. The van der Waals surface area contributed by atoms with Crippen molar-refractivity contribution in [1.29, 1.82) is 0 Å². The highest BCUT2D eigenvalue weighted by atomic mass is 16.5. The number of aliphatic hydroxyl groups is 1. The van der Waals surface area contributed by atoms with Gasteiger partial charge < -0.3 is 21.3 Å². The predicted octanol–water partition coefficient (Wildman–Crippen LogP) is 0.317. The summed E-state index contributed by atoms with van der Waals surface area (Å²) in [4.78, 5) is 15.1. The largest absolute Gasteiger partial charge is 0.390 e. The Kier molecular flexibility index (Phi) is 6.27. The third-order valence-electron chi connectivity index (χ3n) is 2.36. The molecule has 0 aliphatic rings. The molecule has 0 bridgehead atoms. The molecule has 8 nitrogen and oxygen atoms in total. The Morgan fingerprint density at radius 2 is 1.75 bits per heavy atom. The van der Waals surface area contributed by atoms with E-state index in [4.69, 9.17) is 21.3 Å². The van der Waals surface area contributed by atoms with E-state index in [-0.39, 0.29) is 24.6 Å². The number of ether oxygens (including phenoxy) is 1. The zero-order chi connectivity index (χ0) is 15.0. The van der Waals surface area contributed by atoms with Gasteiger partial charge in [-0.05, 0) is 19.1 Å². The summed E-state index contributed by atoms with van der Waals surface area (Å²) in [7, 11) is 1.63. The molecular formula is C12H18N6O2. The Morgan fingerprint density at radius 1 is 1.15 bits per heavy atom. The first-order chi connectivity index (χ1) is 9.56. The first-order valence-electron chi connectivity index (χ1n) is 5.86. The molecule has 1 unspecified atom stereocenters. The minimum absolute atomic E-state index is 0.0275. The van der Waals surface area contributed by atoms with Gasteiger partial charge in [0.2, 0.25) is 11.9 Å². The lowest BCUT2D eigenvalue weighted by Gasteiger charge is -2.07. The van der Waals surface area contributed by atoms with E-state index in [1.165, 1.54) is 6.20 Å². The number of nitrogens with zero attached hydrogens (tertiary/aromatic N) is 4. The molecule has 0 radical (unpaired) electrons. The van der Waals surface area contributed by atoms with Crippen molar-refractivity contribution in [3.05, 3.63) is 35.9 Å². The SMILES string of the molecule is COC(C)c1ccnc(N)n1.Nc1nccc(CO)n1. The van der Waals surface area contributed by atoms with Crippen LogP contribution in [0.15, 0.2) is 24.5 Å². The summed E-state index contributed by atoms with van der Waals surface area (Å²) in [5.74, 6) is 0.480. The van der Waals surface area contributed by atoms with Crippen LogP contribution in [0.4, 0.5) is 11.9 Å². The number of nitrogen functional groups attached to an aromatic ring is 2. The molecule has 0 aliphatic heterocycles. The quantitative estimate of drug-likeness (QED) is 0.730. The van der Waals surface area contributed by atoms with Gasteiger partial charge in [0.25, 0.3) is 0 Å². The molecule has 2 rings (SSSR count). The average molecular weight is 278 g/mol. The number of nitrogens with two attached hydrogens (primary N) is 2. The zero-order valence-electron chi connectivity index (χ0n) is 11.4. The van der Waals surface area contributed by atoms with Gasteiger partial charge in [0, 0.05) is 19.5 Å². The van der Waals surface area contributed by atoms with Crippen LogP contribution in [0.5, 0.6) is 0 Å². The summed E-state index contributed by atoms with van der Waals surface area (Å²) in [5, 5.41) is 8.52. The second-order valence-corrected chi connectivity index (χ2v) is 3.78. The van der Waals surface area contributed by atoms with Crippen LogP contribution < -0.4 is 11.5 Å². The molecule has 0 amide bonds. The molecule has 0 saturated heterocycles. The minimum Gasteiger partial charge on any atom is -0.390 e. The number of hydrogen-bond donors (Lipinski definition) is 3. The average Bonchev–Trinajstić information content (AvgIpc) is 2.47. The van der Waals surface area contributed by atoms with Gasteiger partial charge in [-0.3, -0.25) is 0 Å². The number of hydrogen-bond acceptors (Lipinski definition) is 8. The highest BCUT2D eigenvalue weighted by molar-refractivity contribution is 5.18. The van der Waals surface area contributed by atoms with Crippen molar-refractivity contribution in [1.82, 2.24) is 19.9 Å². The van der Waals surface area contributed by atoms with Gasteiger partial charge >= 0.3 is 0 Å². The lowest BCUT2D eigenvalue weighted by atomic mass is 10.3. The Bertz CT molecular complexity index is 537. The molecule has 20 heavy (non-hydrogen) atoms. The standard InChI is InChI=1S/C7H11N3O.C5H7N3O/c1-5(11-2)6-3-4-9-7(8)10-6;6-5-7-2-1-4(3-9)8-5/h3-5H,1-2H3,(H2,8,9,10);1-2,9H,3H2,(H2,6,7,8). The molecule has 0 spiro atoms. The van der Waals surface area contributed by atoms with Crippen LogP contribution in [-0.2, 0) is 11.3 Å². The van der Waals surface area contributed by atoms with Gasteiger partial charge in [-0.2, -0.15) is 0 Å². The van der Waals surface area contributed by atoms with Crippen molar-refractivity contribution >= 4 is 11.9 Å². The second-order valence-electron chi connectivity index (χ2n) is 3.78. The van der Waals surface area contributed by atoms with Crippen LogP contribution in [0.3, 0.4) is 0 Å². The Labute approximate surface area is 116 Å². The highest BCUT2D eigenvalue weighted by Gasteiger charge is 2.04. The number of anilines is 2. The van der Waals surface area contributed by atoms with Crippen LogP contribution in [0.25, 0.3) is 0 Å². The monoisotopic (exact) mass is 278 g/mol. The van der Waals surface area contributed by atoms with E-state index in [2.05, 4.69) is 19.9 Å². The number of methoxy groups -OCH3 is 1. The lowest BCUT2D eigenvalue weighted by Crippen LogP contribution is -2.02. The first-order valence-corrected chi connectivity index (χ1v) is 5.86. The maximum absolute atomic E-state index is 8.52. The molecule has 0 aliphatic carbocycles. The first kappa shape index (κ1) is 15.7. The van der Waals surface area contributed by atoms with Gasteiger partial charge in [0.05, 0.1) is 24.1 Å². The van der Waals surface area contributed by atoms with Gasteiger partial charge in [0.1, 0.15) is 0 Å². The van der Waals surface area contributed by atoms with E-state index in [1.54, 1.807) is 25.4 Å². The topological polar surface area (TPSA) is 133 Å². The maximum atomic E-state index is 8.52. The van der Waals surface area contributed by atoms with Crippen molar-refractivity contribution in [2.75, 3.05) is 18.6 Å². The van der Waals surface area contributed by atoms with Crippen molar-refractivity contribution in [3.8, 4) is 0 Å². The van der Waals surface area contributed by atoms with Crippen LogP contribution in [0.2, 0.25) is 0 Å². The van der Waals surface area contributed by atoms with Crippen LogP contribution in [0.1, 0.15) is 24.4 Å². The van der Waals surface area contributed by atoms with E-state index >= 15 is 0 Å². The maximum Gasteiger partial charge on any atom is 0.220 e. The van der Waals surface area contributed by atoms with Crippen molar-refractivity contribution in [3.63, 3.8) is 0 Å². The van der Waals surface area contributed by atoms with E-state index in [9.17, 15) is 0 Å². The third kappa shape index (κ3) is 5.12. The normalized spacial score (nSPS) is 11.3. The highest BCUT2D eigenvalue weighted by Crippen LogP contribution is 2.11. The Balaban J connectivity index is 0.000000204. The molecule has 8 heteroatoms. The third-order valence-corrected chi connectivity index (χ3v) is 2.36. The summed E-state index contributed by atoms with van der Waals surface area (Å²) in [6, 6.07) is 3.39. The van der Waals surface area contributed by atoms with E-state index < -0.39 is 0 Å². The number of aromatic nitrogens is 4. The molecule has 2 aromatic rings. The molecule has 5 N–H and O–H groups in total. The van der Waals surface area contributed by atoms with Gasteiger partial charge in [-0.25, -0.2) is 19.9 Å². The molecule has 0 aromatic carbocycles. The summed E-state index contributed by atoms with van der Waals surface area (Å²) < 4.78 is 5.05. The predicted molar refractivity (Wildman–Crippen MR) is 74.2 cm³/mol. The fourth-order valence-electron chi connectivity index (χ4n) is 1.24. The second kappa shape index (κ2) is 7.97.